The van der Waals surface area contributed by atoms with E-state index in [-0.39, 0.29) is 18.6 Å². The summed E-state index contributed by atoms with van der Waals surface area (Å²) in [5.74, 6) is 0.565. The molecule has 0 saturated carbocycles. The van der Waals surface area contributed by atoms with Gasteiger partial charge in [-0.25, -0.2) is 9.97 Å². The van der Waals surface area contributed by atoms with Crippen LogP contribution in [0.2, 0.25) is 0 Å². The molecular weight excluding hydrogens is 206 g/mol. The van der Waals surface area contributed by atoms with Crippen LogP contribution in [0.4, 0.5) is 0 Å². The predicted molar refractivity (Wildman–Crippen MR) is 59.7 cm³/mol. The van der Waals surface area contributed by atoms with Gasteiger partial charge in [-0.3, -0.25) is 4.79 Å². The second-order valence-electron chi connectivity index (χ2n) is 3.73. The summed E-state index contributed by atoms with van der Waals surface area (Å²) in [6, 6.07) is 1.77. The Labute approximate surface area is 95.3 Å². The smallest absolute Gasteiger partial charge is 0.246 e. The van der Waals surface area contributed by atoms with Crippen LogP contribution in [0.3, 0.4) is 0 Å². The standard InChI is InChI=1S/C11H17N3O2/c1-8(2)16-7-11(15)13-6-10-4-5-12-9(3)14-10/h4-5,8H,6-7H2,1-3H3,(H,13,15). The van der Waals surface area contributed by atoms with Crippen LogP contribution in [0.15, 0.2) is 12.3 Å². The van der Waals surface area contributed by atoms with Crippen LogP contribution in [0.1, 0.15) is 25.4 Å². The van der Waals surface area contributed by atoms with Crippen molar-refractivity contribution < 1.29 is 9.53 Å². The van der Waals surface area contributed by atoms with E-state index >= 15 is 0 Å². The number of aromatic nitrogens is 2. The Balaban J connectivity index is 2.31. The van der Waals surface area contributed by atoms with E-state index in [4.69, 9.17) is 4.74 Å². The number of nitrogens with one attached hydrogen (secondary N) is 1. The van der Waals surface area contributed by atoms with Crippen molar-refractivity contribution in [2.24, 2.45) is 0 Å². The largest absolute Gasteiger partial charge is 0.369 e. The first-order chi connectivity index (χ1) is 7.58. The Kier molecular flexibility index (Phi) is 4.85. The molecule has 0 bridgehead atoms. The Bertz CT molecular complexity index is 353. The number of aryl methyl sites for hydroxylation is 1. The number of ether oxygens (including phenoxy) is 1. The third kappa shape index (κ3) is 4.84. The number of rotatable bonds is 5. The lowest BCUT2D eigenvalue weighted by Gasteiger charge is -2.08. The summed E-state index contributed by atoms with van der Waals surface area (Å²) in [5, 5.41) is 2.73. The quantitative estimate of drug-likeness (QED) is 0.803. The van der Waals surface area contributed by atoms with Crippen LogP contribution in [0.25, 0.3) is 0 Å². The topological polar surface area (TPSA) is 64.1 Å². The lowest BCUT2D eigenvalue weighted by Crippen LogP contribution is -2.28. The minimum absolute atomic E-state index is 0.0621. The highest BCUT2D eigenvalue weighted by atomic mass is 16.5. The van der Waals surface area contributed by atoms with Crippen LogP contribution in [0.5, 0.6) is 0 Å². The van der Waals surface area contributed by atoms with E-state index in [0.717, 1.165) is 5.69 Å². The Hall–Kier alpha value is -1.49. The maximum atomic E-state index is 11.3. The van der Waals surface area contributed by atoms with Gasteiger partial charge in [0.05, 0.1) is 18.3 Å². The fourth-order valence-electron chi connectivity index (χ4n) is 1.09. The second-order valence-corrected chi connectivity index (χ2v) is 3.73. The first-order valence-corrected chi connectivity index (χ1v) is 5.24. The minimum Gasteiger partial charge on any atom is -0.369 e. The summed E-state index contributed by atoms with van der Waals surface area (Å²) in [4.78, 5) is 19.5. The third-order valence-corrected chi connectivity index (χ3v) is 1.85. The van der Waals surface area contributed by atoms with Gasteiger partial charge in [-0.15, -0.1) is 0 Å². The van der Waals surface area contributed by atoms with Gasteiger partial charge < -0.3 is 10.1 Å². The lowest BCUT2D eigenvalue weighted by molar-refractivity contribution is -0.127. The maximum absolute atomic E-state index is 11.3. The van der Waals surface area contributed by atoms with Crippen molar-refractivity contribution in [2.45, 2.75) is 33.4 Å². The SMILES string of the molecule is Cc1nccc(CNC(=O)COC(C)C)n1. The average Bonchev–Trinajstić information content (AvgIpc) is 2.23. The molecule has 0 aliphatic carbocycles. The van der Waals surface area contributed by atoms with Gasteiger partial charge in [-0.05, 0) is 26.8 Å². The zero-order chi connectivity index (χ0) is 12.0. The molecule has 1 heterocycles. The molecule has 1 amide bonds. The number of amides is 1. The molecule has 0 radical (unpaired) electrons. The number of hydrogen-bond donors (Lipinski definition) is 1. The molecule has 0 aliphatic rings. The van der Waals surface area contributed by atoms with Crippen LogP contribution in [-0.2, 0) is 16.1 Å². The average molecular weight is 223 g/mol. The van der Waals surface area contributed by atoms with Crippen molar-refractivity contribution in [3.05, 3.63) is 23.8 Å². The normalized spacial score (nSPS) is 10.5. The van der Waals surface area contributed by atoms with Crippen molar-refractivity contribution in [3.63, 3.8) is 0 Å². The molecule has 0 atom stereocenters. The Morgan fingerprint density at radius 1 is 1.56 bits per heavy atom. The maximum Gasteiger partial charge on any atom is 0.246 e. The molecule has 0 saturated heterocycles. The predicted octanol–water partition coefficient (Wildman–Crippen LogP) is 0.826. The van der Waals surface area contributed by atoms with Crippen molar-refractivity contribution in [2.75, 3.05) is 6.61 Å². The highest BCUT2D eigenvalue weighted by Gasteiger charge is 2.03. The molecule has 1 N–H and O–H groups in total. The molecule has 0 aromatic carbocycles. The van der Waals surface area contributed by atoms with Crippen molar-refractivity contribution >= 4 is 5.91 Å². The molecule has 0 spiro atoms. The molecule has 88 valence electrons. The van der Waals surface area contributed by atoms with Gasteiger partial charge in [-0.2, -0.15) is 0 Å². The molecule has 1 aromatic rings. The fraction of sp³-hybridized carbons (Fsp3) is 0.545. The van der Waals surface area contributed by atoms with Gasteiger partial charge in [0.15, 0.2) is 0 Å². The molecule has 1 rings (SSSR count). The van der Waals surface area contributed by atoms with Crippen LogP contribution in [-0.4, -0.2) is 28.6 Å². The molecule has 16 heavy (non-hydrogen) atoms. The molecule has 0 fully saturated rings. The molecular formula is C11H17N3O2. The zero-order valence-electron chi connectivity index (χ0n) is 9.86. The van der Waals surface area contributed by atoms with Gasteiger partial charge in [0.2, 0.25) is 5.91 Å². The summed E-state index contributed by atoms with van der Waals surface area (Å²) in [6.07, 6.45) is 1.74. The van der Waals surface area contributed by atoms with Gasteiger partial charge in [-0.1, -0.05) is 0 Å². The van der Waals surface area contributed by atoms with Crippen molar-refractivity contribution in [3.8, 4) is 0 Å². The molecule has 5 nitrogen and oxygen atoms in total. The summed E-state index contributed by atoms with van der Waals surface area (Å²) >= 11 is 0. The second kappa shape index (κ2) is 6.17. The molecule has 5 heteroatoms. The number of nitrogens with zero attached hydrogens (tertiary/aromatic N) is 2. The van der Waals surface area contributed by atoms with Crippen LogP contribution in [0, 0.1) is 6.92 Å². The minimum atomic E-state index is -0.134. The highest BCUT2D eigenvalue weighted by Crippen LogP contribution is 1.94. The van der Waals surface area contributed by atoms with Gasteiger partial charge in [0, 0.05) is 6.20 Å². The first-order valence-electron chi connectivity index (χ1n) is 5.24. The summed E-state index contributed by atoms with van der Waals surface area (Å²) in [5.41, 5.74) is 0.797. The fourth-order valence-corrected chi connectivity index (χ4v) is 1.09. The van der Waals surface area contributed by atoms with E-state index in [0.29, 0.717) is 12.4 Å². The number of carbonyl (C=O) groups excluding carboxylic acids is 1. The van der Waals surface area contributed by atoms with Gasteiger partial charge >= 0.3 is 0 Å². The molecule has 1 aromatic heterocycles. The monoisotopic (exact) mass is 223 g/mol. The van der Waals surface area contributed by atoms with Crippen molar-refractivity contribution in [1.82, 2.24) is 15.3 Å². The van der Waals surface area contributed by atoms with Gasteiger partial charge in [0.25, 0.3) is 0 Å². The first kappa shape index (κ1) is 12.6. The van der Waals surface area contributed by atoms with Crippen molar-refractivity contribution in [1.29, 1.82) is 0 Å². The Morgan fingerprint density at radius 2 is 2.31 bits per heavy atom. The summed E-state index contributed by atoms with van der Waals surface area (Å²) in [6.45, 7) is 6.08. The lowest BCUT2D eigenvalue weighted by atomic mass is 10.4. The highest BCUT2D eigenvalue weighted by molar-refractivity contribution is 5.77. The third-order valence-electron chi connectivity index (χ3n) is 1.85. The number of hydrogen-bond acceptors (Lipinski definition) is 4. The van der Waals surface area contributed by atoms with E-state index in [2.05, 4.69) is 15.3 Å². The van der Waals surface area contributed by atoms with E-state index in [1.54, 1.807) is 12.3 Å². The van der Waals surface area contributed by atoms with Gasteiger partial charge in [0.1, 0.15) is 12.4 Å². The van der Waals surface area contributed by atoms with E-state index in [1.165, 1.54) is 0 Å². The zero-order valence-corrected chi connectivity index (χ0v) is 9.86. The van der Waals surface area contributed by atoms with E-state index in [9.17, 15) is 4.79 Å². The van der Waals surface area contributed by atoms with E-state index in [1.807, 2.05) is 20.8 Å². The number of carbonyl (C=O) groups is 1. The summed E-state index contributed by atoms with van der Waals surface area (Å²) < 4.78 is 5.17. The van der Waals surface area contributed by atoms with E-state index < -0.39 is 0 Å². The molecule has 0 unspecified atom stereocenters. The molecule has 0 aliphatic heterocycles. The Morgan fingerprint density at radius 3 is 2.94 bits per heavy atom. The van der Waals surface area contributed by atoms with Crippen LogP contribution < -0.4 is 5.32 Å². The summed E-state index contributed by atoms with van der Waals surface area (Å²) in [7, 11) is 0. The van der Waals surface area contributed by atoms with Crippen LogP contribution >= 0.6 is 0 Å².